The summed E-state index contributed by atoms with van der Waals surface area (Å²) < 4.78 is 6.79. The van der Waals surface area contributed by atoms with E-state index in [1.165, 1.54) is 14.0 Å². The molecule has 2 heterocycles. The molecule has 0 aliphatic carbocycles. The smallest absolute Gasteiger partial charge is 0.349 e. The highest BCUT2D eigenvalue weighted by molar-refractivity contribution is 6.36. The standard InChI is InChI=1S/C20H16Cl2N2O3/c1-11(25)16-10-12-6-3-4-9-15(12)24(16)20(19(26)27-2)18(23-20)17-13(21)7-5-8-14(17)22/h3-10,18,23H,1-2H3/t18-,20+/m0/s1. The number of fused-ring (bicyclic) bond motifs is 1. The van der Waals surface area contributed by atoms with Crippen molar-refractivity contribution in [3.8, 4) is 0 Å². The maximum Gasteiger partial charge on any atom is 0.349 e. The molecule has 2 aromatic carbocycles. The molecule has 1 aromatic heterocycles. The fraction of sp³-hybridized carbons (Fsp3) is 0.200. The fourth-order valence-corrected chi connectivity index (χ4v) is 4.27. The van der Waals surface area contributed by atoms with E-state index < -0.39 is 17.7 Å². The van der Waals surface area contributed by atoms with E-state index in [0.717, 1.165) is 10.9 Å². The van der Waals surface area contributed by atoms with Crippen molar-refractivity contribution in [2.45, 2.75) is 18.6 Å². The molecule has 0 saturated carbocycles. The summed E-state index contributed by atoms with van der Waals surface area (Å²) in [6.45, 7) is 1.47. The second-order valence-electron chi connectivity index (χ2n) is 6.45. The zero-order chi connectivity index (χ0) is 19.3. The van der Waals surface area contributed by atoms with Crippen LogP contribution in [-0.4, -0.2) is 23.4 Å². The van der Waals surface area contributed by atoms with Gasteiger partial charge in [-0.15, -0.1) is 0 Å². The highest BCUT2D eigenvalue weighted by Crippen LogP contribution is 2.52. The number of para-hydroxylation sites is 1. The van der Waals surface area contributed by atoms with Crippen LogP contribution in [0.25, 0.3) is 10.9 Å². The summed E-state index contributed by atoms with van der Waals surface area (Å²) >= 11 is 12.7. The summed E-state index contributed by atoms with van der Waals surface area (Å²) in [6.07, 6.45) is 0. The maximum absolute atomic E-state index is 12.9. The highest BCUT2D eigenvalue weighted by atomic mass is 35.5. The van der Waals surface area contributed by atoms with Gasteiger partial charge in [0, 0.05) is 27.9 Å². The number of benzene rings is 2. The number of methoxy groups -OCH3 is 1. The molecule has 3 aromatic rings. The van der Waals surface area contributed by atoms with Gasteiger partial charge in [0.25, 0.3) is 0 Å². The summed E-state index contributed by atoms with van der Waals surface area (Å²) in [4.78, 5) is 25.3. The number of hydrogen-bond donors (Lipinski definition) is 1. The molecule has 2 atom stereocenters. The minimum atomic E-state index is -1.30. The normalized spacial score (nSPS) is 21.3. The third-order valence-electron chi connectivity index (χ3n) is 4.91. The Balaban J connectivity index is 2.00. The maximum atomic E-state index is 12.9. The number of nitrogens with zero attached hydrogens (tertiary/aromatic N) is 1. The summed E-state index contributed by atoms with van der Waals surface area (Å²) in [5, 5.41) is 4.91. The first-order valence-corrected chi connectivity index (χ1v) is 9.09. The van der Waals surface area contributed by atoms with Crippen molar-refractivity contribution >= 4 is 45.9 Å². The number of rotatable bonds is 4. The van der Waals surface area contributed by atoms with Crippen LogP contribution in [0.5, 0.6) is 0 Å². The van der Waals surface area contributed by atoms with Gasteiger partial charge in [0.05, 0.1) is 24.4 Å². The number of ether oxygens (including phenoxy) is 1. The van der Waals surface area contributed by atoms with Gasteiger partial charge < -0.3 is 9.30 Å². The van der Waals surface area contributed by atoms with E-state index in [1.54, 1.807) is 28.8 Å². The van der Waals surface area contributed by atoms with Crippen LogP contribution in [-0.2, 0) is 15.2 Å². The first-order valence-electron chi connectivity index (χ1n) is 8.33. The second-order valence-corrected chi connectivity index (χ2v) is 7.27. The van der Waals surface area contributed by atoms with Crippen LogP contribution < -0.4 is 5.32 Å². The van der Waals surface area contributed by atoms with Crippen LogP contribution in [0.15, 0.2) is 48.5 Å². The molecule has 0 bridgehead atoms. The van der Waals surface area contributed by atoms with Crippen LogP contribution in [0.1, 0.15) is 29.0 Å². The van der Waals surface area contributed by atoms with E-state index in [1.807, 2.05) is 24.3 Å². The zero-order valence-corrected chi connectivity index (χ0v) is 16.1. The summed E-state index contributed by atoms with van der Waals surface area (Å²) in [5.41, 5.74) is 0.442. The van der Waals surface area contributed by atoms with Crippen molar-refractivity contribution in [3.05, 3.63) is 69.8 Å². The Morgan fingerprint density at radius 1 is 1.11 bits per heavy atom. The molecule has 1 aliphatic heterocycles. The van der Waals surface area contributed by atoms with Crippen molar-refractivity contribution in [1.29, 1.82) is 0 Å². The first kappa shape index (κ1) is 18.0. The van der Waals surface area contributed by atoms with Gasteiger partial charge >= 0.3 is 5.97 Å². The number of aromatic nitrogens is 1. The lowest BCUT2D eigenvalue weighted by molar-refractivity contribution is -0.146. The monoisotopic (exact) mass is 402 g/mol. The molecule has 1 saturated heterocycles. The van der Waals surface area contributed by atoms with Gasteiger partial charge in [-0.25, -0.2) is 4.79 Å². The van der Waals surface area contributed by atoms with Crippen molar-refractivity contribution in [3.63, 3.8) is 0 Å². The number of ketones is 1. The van der Waals surface area contributed by atoms with Gasteiger partial charge in [0.15, 0.2) is 5.78 Å². The predicted octanol–water partition coefficient (Wildman–Crippen LogP) is 4.32. The molecule has 138 valence electrons. The molecule has 0 amide bonds. The van der Waals surface area contributed by atoms with Crippen molar-refractivity contribution < 1.29 is 14.3 Å². The Labute approximate surface area is 165 Å². The number of carbonyl (C=O) groups excluding carboxylic acids is 2. The SMILES string of the molecule is COC(=O)[C@@]1(n2c(C(C)=O)cc3ccccc32)N[C@H]1c1c(Cl)cccc1Cl. The topological polar surface area (TPSA) is 70.2 Å². The largest absolute Gasteiger partial charge is 0.466 e. The molecule has 4 rings (SSSR count). The Morgan fingerprint density at radius 2 is 1.78 bits per heavy atom. The van der Waals surface area contributed by atoms with Crippen molar-refractivity contribution in [2.24, 2.45) is 0 Å². The number of Topliss-reactive ketones (excluding diaryl/α,β-unsaturated/α-hetero) is 1. The lowest BCUT2D eigenvalue weighted by Crippen LogP contribution is -2.35. The van der Waals surface area contributed by atoms with Gasteiger partial charge in [-0.05, 0) is 24.3 Å². The third kappa shape index (κ3) is 2.57. The Morgan fingerprint density at radius 3 is 2.41 bits per heavy atom. The number of nitrogens with one attached hydrogen (secondary N) is 1. The zero-order valence-electron chi connectivity index (χ0n) is 14.6. The fourth-order valence-electron chi connectivity index (χ4n) is 3.66. The van der Waals surface area contributed by atoms with Crippen LogP contribution >= 0.6 is 23.2 Å². The van der Waals surface area contributed by atoms with Crippen molar-refractivity contribution in [1.82, 2.24) is 9.88 Å². The average molecular weight is 403 g/mol. The molecule has 7 heteroatoms. The molecule has 0 unspecified atom stereocenters. The molecule has 0 radical (unpaired) electrons. The number of halogens is 2. The number of hydrogen-bond acceptors (Lipinski definition) is 4. The summed E-state index contributed by atoms with van der Waals surface area (Å²) in [7, 11) is 1.31. The van der Waals surface area contributed by atoms with Gasteiger partial charge in [0.1, 0.15) is 0 Å². The Hall–Kier alpha value is -2.34. The van der Waals surface area contributed by atoms with E-state index in [-0.39, 0.29) is 5.78 Å². The van der Waals surface area contributed by atoms with E-state index in [0.29, 0.717) is 21.3 Å². The Kier molecular flexibility index (Phi) is 4.26. The first-order chi connectivity index (χ1) is 12.9. The second kappa shape index (κ2) is 6.37. The van der Waals surface area contributed by atoms with Gasteiger partial charge in [-0.1, -0.05) is 47.5 Å². The van der Waals surface area contributed by atoms with Gasteiger partial charge in [0.2, 0.25) is 5.66 Å². The molecular formula is C20H16Cl2N2O3. The molecule has 1 N–H and O–H groups in total. The van der Waals surface area contributed by atoms with E-state index in [9.17, 15) is 9.59 Å². The van der Waals surface area contributed by atoms with Crippen LogP contribution in [0, 0.1) is 0 Å². The molecular weight excluding hydrogens is 387 g/mol. The quantitative estimate of drug-likeness (QED) is 0.400. The Bertz CT molecular complexity index is 1070. The van der Waals surface area contributed by atoms with Crippen LogP contribution in [0.4, 0.5) is 0 Å². The van der Waals surface area contributed by atoms with Crippen LogP contribution in [0.3, 0.4) is 0 Å². The molecule has 0 spiro atoms. The molecule has 1 fully saturated rings. The third-order valence-corrected chi connectivity index (χ3v) is 5.57. The van der Waals surface area contributed by atoms with E-state index in [4.69, 9.17) is 27.9 Å². The lowest BCUT2D eigenvalue weighted by atomic mass is 10.0. The molecule has 5 nitrogen and oxygen atoms in total. The van der Waals surface area contributed by atoms with Gasteiger partial charge in [-0.3, -0.25) is 10.1 Å². The predicted molar refractivity (Wildman–Crippen MR) is 104 cm³/mol. The summed E-state index contributed by atoms with van der Waals surface area (Å²) in [5.74, 6) is -0.681. The van der Waals surface area contributed by atoms with E-state index in [2.05, 4.69) is 5.32 Å². The van der Waals surface area contributed by atoms with Crippen LogP contribution in [0.2, 0.25) is 10.0 Å². The molecule has 27 heavy (non-hydrogen) atoms. The number of carbonyl (C=O) groups is 2. The van der Waals surface area contributed by atoms with E-state index >= 15 is 0 Å². The van der Waals surface area contributed by atoms with Crippen molar-refractivity contribution in [2.75, 3.05) is 7.11 Å². The minimum absolute atomic E-state index is 0.160. The van der Waals surface area contributed by atoms with Gasteiger partial charge in [-0.2, -0.15) is 0 Å². The minimum Gasteiger partial charge on any atom is -0.466 e. The highest BCUT2D eigenvalue weighted by Gasteiger charge is 2.65. The summed E-state index contributed by atoms with van der Waals surface area (Å²) in [6, 6.07) is 13.9. The average Bonchev–Trinajstić information content (AvgIpc) is 3.24. The lowest BCUT2D eigenvalue weighted by Gasteiger charge is -2.20. The molecule has 1 aliphatic rings. The number of esters is 1.